The number of rotatable bonds is 3. The molecule has 1 spiro atoms. The second-order valence-electron chi connectivity index (χ2n) is 8.55. The van der Waals surface area contributed by atoms with E-state index in [9.17, 15) is 0 Å². The highest BCUT2D eigenvalue weighted by Crippen LogP contribution is 2.64. The maximum atomic E-state index is 2.67. The van der Waals surface area contributed by atoms with E-state index in [1.54, 1.807) is 25.7 Å². The zero-order valence-electron chi connectivity index (χ0n) is 13.5. The van der Waals surface area contributed by atoms with Gasteiger partial charge in [-0.05, 0) is 94.5 Å². The van der Waals surface area contributed by atoms with Crippen LogP contribution in [0.1, 0.15) is 66.2 Å². The van der Waals surface area contributed by atoms with E-state index in [-0.39, 0.29) is 0 Å². The summed E-state index contributed by atoms with van der Waals surface area (Å²) in [5, 5.41) is 0. The lowest BCUT2D eigenvalue weighted by Crippen LogP contribution is -2.52. The molecule has 0 aromatic heterocycles. The molecule has 1 heteroatoms. The number of hydrogen-bond donors (Lipinski definition) is 0. The molecular weight excluding hydrogens is 230 g/mol. The van der Waals surface area contributed by atoms with Crippen molar-refractivity contribution in [2.75, 3.05) is 13.1 Å². The van der Waals surface area contributed by atoms with E-state index in [0.29, 0.717) is 0 Å². The summed E-state index contributed by atoms with van der Waals surface area (Å²) in [6.45, 7) is 12.2. The highest BCUT2D eigenvalue weighted by molar-refractivity contribution is 5.05. The fourth-order valence-corrected chi connectivity index (χ4v) is 5.15. The van der Waals surface area contributed by atoms with Gasteiger partial charge in [0, 0.05) is 6.04 Å². The van der Waals surface area contributed by atoms with Crippen molar-refractivity contribution in [1.82, 2.24) is 4.90 Å². The number of likely N-dealkylation sites (tertiary alicyclic amines) is 1. The molecule has 1 nitrogen and oxygen atoms in total. The van der Waals surface area contributed by atoms with E-state index in [2.05, 4.69) is 32.6 Å². The van der Waals surface area contributed by atoms with Crippen LogP contribution in [0.25, 0.3) is 0 Å². The molecule has 2 saturated carbocycles. The van der Waals surface area contributed by atoms with Gasteiger partial charge in [0.1, 0.15) is 0 Å². The Morgan fingerprint density at radius 2 is 1.42 bits per heavy atom. The minimum absolute atomic E-state index is 0.757. The Labute approximate surface area is 120 Å². The molecule has 0 aromatic rings. The third-order valence-corrected chi connectivity index (χ3v) is 6.69. The van der Waals surface area contributed by atoms with Crippen LogP contribution in [0.2, 0.25) is 0 Å². The van der Waals surface area contributed by atoms with Crippen LogP contribution in [0, 0.1) is 29.1 Å². The summed E-state index contributed by atoms with van der Waals surface area (Å²) in [7, 11) is 0. The van der Waals surface area contributed by atoms with E-state index in [0.717, 1.165) is 35.1 Å². The van der Waals surface area contributed by atoms with Gasteiger partial charge in [0.15, 0.2) is 0 Å². The second kappa shape index (κ2) is 5.06. The van der Waals surface area contributed by atoms with Crippen LogP contribution in [-0.4, -0.2) is 24.0 Å². The van der Waals surface area contributed by atoms with Gasteiger partial charge < -0.3 is 4.90 Å². The summed E-state index contributed by atoms with van der Waals surface area (Å²) in [5.41, 5.74) is 0.842. The van der Waals surface area contributed by atoms with Crippen molar-refractivity contribution in [3.63, 3.8) is 0 Å². The first-order valence-corrected chi connectivity index (χ1v) is 8.73. The predicted octanol–water partition coefficient (Wildman–Crippen LogP) is 4.57. The van der Waals surface area contributed by atoms with Crippen molar-refractivity contribution in [2.24, 2.45) is 29.1 Å². The first-order valence-electron chi connectivity index (χ1n) is 8.73. The molecule has 0 N–H and O–H groups in total. The third-order valence-electron chi connectivity index (χ3n) is 6.69. The SMILES string of the molecule is CC(C)C1CC2(C1)CC(C1CCN(C(C)C)CC1)C2. The Kier molecular flexibility index (Phi) is 3.71. The summed E-state index contributed by atoms with van der Waals surface area (Å²) in [6.07, 6.45) is 9.25. The van der Waals surface area contributed by atoms with Crippen LogP contribution < -0.4 is 0 Å². The predicted molar refractivity (Wildman–Crippen MR) is 82.2 cm³/mol. The zero-order valence-corrected chi connectivity index (χ0v) is 13.5. The Balaban J connectivity index is 1.41. The minimum atomic E-state index is 0.757. The normalized spacial score (nSPS) is 40.7. The lowest BCUT2D eigenvalue weighted by Gasteiger charge is -2.61. The maximum Gasteiger partial charge on any atom is 0.00385 e. The van der Waals surface area contributed by atoms with Crippen LogP contribution >= 0.6 is 0 Å². The molecule has 3 rings (SSSR count). The Bertz CT molecular complexity index is 298. The zero-order chi connectivity index (χ0) is 13.6. The molecular formula is C18H33N. The van der Waals surface area contributed by atoms with Crippen molar-refractivity contribution in [3.8, 4) is 0 Å². The van der Waals surface area contributed by atoms with Crippen molar-refractivity contribution >= 4 is 0 Å². The maximum absolute atomic E-state index is 2.67. The fraction of sp³-hybridized carbons (Fsp3) is 1.00. The topological polar surface area (TPSA) is 3.24 Å². The van der Waals surface area contributed by atoms with Gasteiger partial charge in [-0.1, -0.05) is 13.8 Å². The molecule has 1 aliphatic heterocycles. The first kappa shape index (κ1) is 13.9. The van der Waals surface area contributed by atoms with Gasteiger partial charge in [-0.25, -0.2) is 0 Å². The van der Waals surface area contributed by atoms with Gasteiger partial charge in [0.2, 0.25) is 0 Å². The molecule has 1 heterocycles. The summed E-state index contributed by atoms with van der Waals surface area (Å²) >= 11 is 0. The van der Waals surface area contributed by atoms with Crippen LogP contribution in [0.5, 0.6) is 0 Å². The molecule has 0 bridgehead atoms. The van der Waals surface area contributed by atoms with E-state index in [4.69, 9.17) is 0 Å². The largest absolute Gasteiger partial charge is 0.301 e. The molecule has 0 unspecified atom stereocenters. The van der Waals surface area contributed by atoms with Gasteiger partial charge in [0.05, 0.1) is 0 Å². The molecule has 2 aliphatic carbocycles. The van der Waals surface area contributed by atoms with Crippen LogP contribution in [0.4, 0.5) is 0 Å². The molecule has 0 atom stereocenters. The van der Waals surface area contributed by atoms with Crippen molar-refractivity contribution in [1.29, 1.82) is 0 Å². The van der Waals surface area contributed by atoms with Gasteiger partial charge in [-0.2, -0.15) is 0 Å². The van der Waals surface area contributed by atoms with Gasteiger partial charge in [-0.15, -0.1) is 0 Å². The fourth-order valence-electron chi connectivity index (χ4n) is 5.15. The van der Waals surface area contributed by atoms with E-state index >= 15 is 0 Å². The highest BCUT2D eigenvalue weighted by Gasteiger charge is 2.54. The molecule has 0 aromatic carbocycles. The van der Waals surface area contributed by atoms with E-state index in [1.807, 2.05) is 0 Å². The van der Waals surface area contributed by atoms with Gasteiger partial charge in [-0.3, -0.25) is 0 Å². The molecule has 3 aliphatic rings. The smallest absolute Gasteiger partial charge is 0.00385 e. The molecule has 3 fully saturated rings. The van der Waals surface area contributed by atoms with E-state index < -0.39 is 0 Å². The van der Waals surface area contributed by atoms with Crippen molar-refractivity contribution in [2.45, 2.75) is 72.3 Å². The summed E-state index contributed by atoms with van der Waals surface area (Å²) in [6, 6.07) is 0.757. The highest BCUT2D eigenvalue weighted by atomic mass is 15.1. The quantitative estimate of drug-likeness (QED) is 0.721. The van der Waals surface area contributed by atoms with Crippen LogP contribution in [0.15, 0.2) is 0 Å². The summed E-state index contributed by atoms with van der Waals surface area (Å²) in [4.78, 5) is 2.67. The molecule has 0 amide bonds. The first-order chi connectivity index (χ1) is 8.99. The summed E-state index contributed by atoms with van der Waals surface area (Å²) in [5.74, 6) is 4.16. The lowest BCUT2D eigenvalue weighted by molar-refractivity contribution is -0.107. The lowest BCUT2D eigenvalue weighted by atomic mass is 9.44. The number of piperidine rings is 1. The third kappa shape index (κ3) is 2.60. The molecule has 19 heavy (non-hydrogen) atoms. The van der Waals surface area contributed by atoms with E-state index in [1.165, 1.54) is 25.9 Å². The van der Waals surface area contributed by atoms with Gasteiger partial charge >= 0.3 is 0 Å². The van der Waals surface area contributed by atoms with Gasteiger partial charge in [0.25, 0.3) is 0 Å². The Morgan fingerprint density at radius 3 is 1.89 bits per heavy atom. The average Bonchev–Trinajstić information content (AvgIpc) is 2.25. The van der Waals surface area contributed by atoms with Crippen LogP contribution in [0.3, 0.4) is 0 Å². The van der Waals surface area contributed by atoms with Crippen LogP contribution in [-0.2, 0) is 0 Å². The molecule has 1 saturated heterocycles. The second-order valence-corrected chi connectivity index (χ2v) is 8.55. The average molecular weight is 263 g/mol. The Morgan fingerprint density at radius 1 is 0.842 bits per heavy atom. The number of hydrogen-bond acceptors (Lipinski definition) is 1. The molecule has 0 radical (unpaired) electrons. The standard InChI is InChI=1S/C18H33N/c1-13(2)16-9-18(10-16)11-17(12-18)15-5-7-19(8-6-15)14(3)4/h13-17H,5-12H2,1-4H3. The van der Waals surface area contributed by atoms with Crippen molar-refractivity contribution in [3.05, 3.63) is 0 Å². The number of nitrogens with zero attached hydrogens (tertiary/aromatic N) is 1. The minimum Gasteiger partial charge on any atom is -0.301 e. The monoisotopic (exact) mass is 263 g/mol. The van der Waals surface area contributed by atoms with Crippen molar-refractivity contribution < 1.29 is 0 Å². The summed E-state index contributed by atoms with van der Waals surface area (Å²) < 4.78 is 0. The molecule has 110 valence electrons. The Hall–Kier alpha value is -0.0400.